The molecule has 0 radical (unpaired) electrons. The molecule has 0 bridgehead atoms. The lowest BCUT2D eigenvalue weighted by atomic mass is 9.98. The number of aliphatic carboxylic acids is 1. The summed E-state index contributed by atoms with van der Waals surface area (Å²) in [5, 5.41) is 11.3. The average Bonchev–Trinajstić information content (AvgIpc) is 2.92. The molecule has 1 unspecified atom stereocenters. The van der Waals surface area contributed by atoms with Crippen LogP contribution in [0, 0.1) is 5.41 Å². The van der Waals surface area contributed by atoms with Crippen molar-refractivity contribution in [1.82, 2.24) is 9.98 Å². The number of hydrogen-bond donors (Lipinski definition) is 1. The molecule has 1 aliphatic heterocycles. The molecule has 1 aromatic heterocycles. The maximum atomic E-state index is 11.4. The van der Waals surface area contributed by atoms with E-state index in [4.69, 9.17) is 19.3 Å². The first-order valence-corrected chi connectivity index (χ1v) is 5.88. The van der Waals surface area contributed by atoms with Crippen LogP contribution >= 0.6 is 0 Å². The van der Waals surface area contributed by atoms with Crippen LogP contribution in [0.4, 0.5) is 0 Å². The zero-order valence-electron chi connectivity index (χ0n) is 11.0. The van der Waals surface area contributed by atoms with Crippen LogP contribution in [0.2, 0.25) is 0 Å². The Hall–Kier alpha value is -2.06. The molecule has 1 saturated heterocycles. The molecule has 108 valence electrons. The monoisotopic (exact) mass is 275 g/mol. The van der Waals surface area contributed by atoms with Gasteiger partial charge < -0.3 is 14.7 Å². The molecule has 0 amide bonds. The lowest BCUT2D eigenvalue weighted by Gasteiger charge is -2.33. The molecule has 19 heavy (non-hydrogen) atoms. The summed E-state index contributed by atoms with van der Waals surface area (Å²) < 4.78 is 9.75. The predicted molar refractivity (Wildman–Crippen MR) is 60.8 cm³/mol. The number of rotatable bonds is 5. The third-order valence-corrected chi connectivity index (χ3v) is 2.72. The molecule has 2 rings (SSSR count). The van der Waals surface area contributed by atoms with Gasteiger partial charge in [0, 0.05) is 6.54 Å². The van der Waals surface area contributed by atoms with Crippen molar-refractivity contribution >= 4 is 11.9 Å². The fraction of sp³-hybridized carbons (Fsp3) is 0.800. The van der Waals surface area contributed by atoms with Crippen LogP contribution in [0.5, 0.6) is 0 Å². The van der Waals surface area contributed by atoms with Crippen LogP contribution in [0.25, 0.3) is 0 Å². The number of esters is 1. The molecule has 9 nitrogen and oxygen atoms in total. The van der Waals surface area contributed by atoms with Crippen molar-refractivity contribution in [1.29, 1.82) is 0 Å². The average molecular weight is 275 g/mol. The number of nitrogens with zero attached hydrogens (tertiary/aromatic N) is 3. The van der Waals surface area contributed by atoms with E-state index in [9.17, 15) is 9.59 Å². The zero-order valence-corrected chi connectivity index (χ0v) is 11.0. The molecule has 2 heterocycles. The minimum Gasteiger partial charge on any atom is -0.480 e. The minimum absolute atomic E-state index is 0.293. The van der Waals surface area contributed by atoms with Crippen LogP contribution in [-0.2, 0) is 14.3 Å². The second-order valence-electron chi connectivity index (χ2n) is 5.31. The van der Waals surface area contributed by atoms with E-state index in [0.717, 1.165) is 5.02 Å². The first-order valence-electron chi connectivity index (χ1n) is 5.88. The molecular weight excluding hydrogens is 258 g/mol. The zero-order chi connectivity index (χ0) is 14.2. The standard InChI is InChI=1S/C10H17N3O6/c1-10(2,3)9(16)17-6-18-13-12(19-13)11-5-4-7(11)8(14)15/h7H,4-6H2,1-3H3,(H,14,15). The lowest BCUT2D eigenvalue weighted by molar-refractivity contribution is -0.168. The van der Waals surface area contributed by atoms with Gasteiger partial charge in [0.05, 0.1) is 10.4 Å². The van der Waals surface area contributed by atoms with Crippen molar-refractivity contribution in [3.05, 3.63) is 0 Å². The number of aromatic nitrogens is 2. The maximum absolute atomic E-state index is 11.4. The van der Waals surface area contributed by atoms with Gasteiger partial charge in [-0.2, -0.15) is 4.63 Å². The summed E-state index contributed by atoms with van der Waals surface area (Å²) in [7, 11) is 0. The molecule has 1 fully saturated rings. The van der Waals surface area contributed by atoms with Gasteiger partial charge in [0.15, 0.2) is 0 Å². The van der Waals surface area contributed by atoms with Crippen molar-refractivity contribution in [2.24, 2.45) is 5.41 Å². The predicted octanol–water partition coefficient (Wildman–Crippen LogP) is -0.347. The third-order valence-electron chi connectivity index (χ3n) is 2.72. The molecule has 1 aliphatic rings. The lowest BCUT2D eigenvalue weighted by Crippen LogP contribution is -2.57. The SMILES string of the molecule is CC(C)(C)C(=O)OCOn1on1N1CCC1C(=O)O. The van der Waals surface area contributed by atoms with Crippen LogP contribution < -0.4 is 9.85 Å². The van der Waals surface area contributed by atoms with E-state index >= 15 is 0 Å². The number of hydrogen-bond acceptors (Lipinski definition) is 6. The highest BCUT2D eigenvalue weighted by atomic mass is 17.0. The third kappa shape index (κ3) is 2.85. The first-order chi connectivity index (χ1) is 8.80. The highest BCUT2D eigenvalue weighted by Gasteiger charge is 2.40. The highest BCUT2D eigenvalue weighted by Crippen LogP contribution is 2.18. The van der Waals surface area contributed by atoms with Crippen molar-refractivity contribution in [2.45, 2.75) is 33.2 Å². The van der Waals surface area contributed by atoms with Gasteiger partial charge >= 0.3 is 11.9 Å². The van der Waals surface area contributed by atoms with Gasteiger partial charge in [-0.25, -0.2) is 9.80 Å². The Bertz CT molecular complexity index is 465. The molecule has 1 N–H and O–H groups in total. The Morgan fingerprint density at radius 3 is 2.58 bits per heavy atom. The van der Waals surface area contributed by atoms with Gasteiger partial charge in [-0.3, -0.25) is 4.79 Å². The van der Waals surface area contributed by atoms with Gasteiger partial charge in [0.25, 0.3) is 6.79 Å². The molecule has 1 aromatic rings. The molecule has 0 aliphatic carbocycles. The summed E-state index contributed by atoms with van der Waals surface area (Å²) >= 11 is 0. The number of carbonyl (C=O) groups is 2. The van der Waals surface area contributed by atoms with Crippen molar-refractivity contribution in [2.75, 3.05) is 18.3 Å². The van der Waals surface area contributed by atoms with Crippen molar-refractivity contribution < 1.29 is 28.9 Å². The molecule has 9 heteroatoms. The number of carbonyl (C=O) groups excluding carboxylic acids is 1. The Morgan fingerprint density at radius 2 is 2.11 bits per heavy atom. The molecule has 0 spiro atoms. The van der Waals surface area contributed by atoms with E-state index in [-0.39, 0.29) is 6.79 Å². The van der Waals surface area contributed by atoms with E-state index in [2.05, 4.69) is 0 Å². The minimum atomic E-state index is -0.916. The maximum Gasteiger partial charge on any atom is 0.328 e. The second-order valence-corrected chi connectivity index (χ2v) is 5.31. The Morgan fingerprint density at radius 1 is 1.42 bits per heavy atom. The summed E-state index contributed by atoms with van der Waals surface area (Å²) in [6.07, 6.45) is 0.558. The van der Waals surface area contributed by atoms with E-state index in [0.29, 0.717) is 13.0 Å². The number of carboxylic acids is 1. The largest absolute Gasteiger partial charge is 0.480 e. The molecule has 0 aromatic carbocycles. The smallest absolute Gasteiger partial charge is 0.328 e. The Balaban J connectivity index is 1.73. The summed E-state index contributed by atoms with van der Waals surface area (Å²) in [4.78, 5) is 28.4. The van der Waals surface area contributed by atoms with Crippen LogP contribution in [0.15, 0.2) is 4.63 Å². The fourth-order valence-electron chi connectivity index (χ4n) is 1.43. The van der Waals surface area contributed by atoms with Crippen LogP contribution in [-0.4, -0.2) is 46.4 Å². The first kappa shape index (κ1) is 13.4. The quantitative estimate of drug-likeness (QED) is 0.579. The second kappa shape index (κ2) is 4.56. The molecule has 0 saturated carbocycles. The fourth-order valence-corrected chi connectivity index (χ4v) is 1.43. The normalized spacial score (nSPS) is 19.1. The van der Waals surface area contributed by atoms with E-state index in [1.165, 1.54) is 9.97 Å². The van der Waals surface area contributed by atoms with Gasteiger partial charge in [-0.15, -0.1) is 0 Å². The van der Waals surface area contributed by atoms with E-state index in [1.54, 1.807) is 20.8 Å². The summed E-state index contributed by atoms with van der Waals surface area (Å²) in [5.74, 6) is -1.31. The summed E-state index contributed by atoms with van der Waals surface area (Å²) in [5.41, 5.74) is -0.603. The van der Waals surface area contributed by atoms with Crippen LogP contribution in [0.1, 0.15) is 27.2 Å². The number of carboxylic acid groups (broad SMARTS) is 1. The van der Waals surface area contributed by atoms with E-state index in [1.807, 2.05) is 0 Å². The summed E-state index contributed by atoms with van der Waals surface area (Å²) in [6, 6.07) is -0.606. The Kier molecular flexibility index (Phi) is 3.21. The van der Waals surface area contributed by atoms with Crippen molar-refractivity contribution in [3.8, 4) is 0 Å². The highest BCUT2D eigenvalue weighted by molar-refractivity contribution is 5.77. The van der Waals surface area contributed by atoms with Gasteiger partial charge in [-0.05, 0) is 27.2 Å². The topological polar surface area (TPSA) is 99.1 Å². The van der Waals surface area contributed by atoms with Gasteiger partial charge in [-0.1, -0.05) is 0 Å². The van der Waals surface area contributed by atoms with Gasteiger partial charge in [0.2, 0.25) is 0 Å². The van der Waals surface area contributed by atoms with E-state index < -0.39 is 23.4 Å². The Labute approximate surface area is 109 Å². The van der Waals surface area contributed by atoms with Crippen molar-refractivity contribution in [3.63, 3.8) is 0 Å². The molecule has 1 atom stereocenters. The number of ether oxygens (including phenoxy) is 1. The van der Waals surface area contributed by atoms with Crippen LogP contribution in [0.3, 0.4) is 0 Å². The molecular formula is C10H17N3O6. The van der Waals surface area contributed by atoms with Gasteiger partial charge in [0.1, 0.15) is 11.1 Å². The summed E-state index contributed by atoms with van der Waals surface area (Å²) in [6.45, 7) is 5.46.